The number of hydrogen-bond acceptors (Lipinski definition) is 7. The van der Waals surface area contributed by atoms with Gasteiger partial charge in [-0.3, -0.25) is 9.59 Å². The number of fused-ring (bicyclic) bond motifs is 1. The van der Waals surface area contributed by atoms with E-state index in [1.165, 1.54) is 18.2 Å². The van der Waals surface area contributed by atoms with E-state index < -0.39 is 29.1 Å². The minimum atomic E-state index is -3.96. The molecule has 166 valence electrons. The fourth-order valence-corrected chi connectivity index (χ4v) is 4.68. The molecule has 0 radical (unpaired) electrons. The number of hydrogen-bond donors (Lipinski definition) is 1. The molecule has 30 heavy (non-hydrogen) atoms. The van der Waals surface area contributed by atoms with Gasteiger partial charge in [-0.05, 0) is 30.4 Å². The van der Waals surface area contributed by atoms with E-state index in [-0.39, 0.29) is 10.8 Å². The maximum absolute atomic E-state index is 12.5. The van der Waals surface area contributed by atoms with E-state index in [0.717, 1.165) is 6.42 Å². The van der Waals surface area contributed by atoms with Gasteiger partial charge in [0.25, 0.3) is 5.91 Å². The minimum Gasteiger partial charge on any atom is -0.490 e. The van der Waals surface area contributed by atoms with Gasteiger partial charge in [-0.25, -0.2) is 8.42 Å². The summed E-state index contributed by atoms with van der Waals surface area (Å²) < 4.78 is 43.1. The predicted molar refractivity (Wildman–Crippen MR) is 108 cm³/mol. The molecule has 2 aliphatic heterocycles. The topological polar surface area (TPSA) is 111 Å². The van der Waals surface area contributed by atoms with Crippen molar-refractivity contribution < 1.29 is 32.2 Å². The first-order chi connectivity index (χ1) is 14.2. The van der Waals surface area contributed by atoms with Crippen LogP contribution in [0.2, 0.25) is 0 Å². The third-order valence-electron chi connectivity index (χ3n) is 5.01. The molecule has 1 aromatic rings. The van der Waals surface area contributed by atoms with Crippen molar-refractivity contribution in [1.29, 1.82) is 0 Å². The van der Waals surface area contributed by atoms with E-state index >= 15 is 0 Å². The molecule has 10 heteroatoms. The van der Waals surface area contributed by atoms with Gasteiger partial charge >= 0.3 is 5.97 Å². The van der Waals surface area contributed by atoms with E-state index in [9.17, 15) is 18.0 Å². The maximum atomic E-state index is 12.5. The normalized spacial score (nSPS) is 21.6. The number of benzene rings is 1. The van der Waals surface area contributed by atoms with Crippen molar-refractivity contribution in [2.45, 2.75) is 31.6 Å². The molecule has 1 saturated heterocycles. The van der Waals surface area contributed by atoms with Crippen LogP contribution in [0.1, 0.15) is 26.7 Å². The van der Waals surface area contributed by atoms with Gasteiger partial charge in [0.1, 0.15) is 6.54 Å². The molecule has 1 aromatic carbocycles. The molecular weight excluding hydrogens is 412 g/mol. The second-order valence-electron chi connectivity index (χ2n) is 7.89. The Morgan fingerprint density at radius 2 is 1.80 bits per heavy atom. The third-order valence-corrected chi connectivity index (χ3v) is 6.41. The summed E-state index contributed by atoms with van der Waals surface area (Å²) in [6, 6.07) is 4.26. The highest BCUT2D eigenvalue weighted by Crippen LogP contribution is 2.31. The lowest BCUT2D eigenvalue weighted by atomic mass is 9.92. The minimum absolute atomic E-state index is 0.0491. The Labute approximate surface area is 176 Å². The van der Waals surface area contributed by atoms with Gasteiger partial charge in [-0.2, -0.15) is 4.72 Å². The zero-order chi connectivity index (χ0) is 21.7. The van der Waals surface area contributed by atoms with Crippen LogP contribution in [0.5, 0.6) is 11.5 Å². The van der Waals surface area contributed by atoms with E-state index in [2.05, 4.69) is 18.6 Å². The standard InChI is InChI=1S/C20H28N2O7S/c1-14-8-15(2)12-22(11-14)19(23)13-29-20(24)10-21-30(25,26)16-4-5-17-18(9-16)28-7-3-6-27-17/h4-5,9,14-15,21H,3,6-8,10-13H2,1-2H3. The highest BCUT2D eigenvalue weighted by molar-refractivity contribution is 7.89. The van der Waals surface area contributed by atoms with Crippen LogP contribution in [0.25, 0.3) is 0 Å². The second-order valence-corrected chi connectivity index (χ2v) is 9.66. The van der Waals surface area contributed by atoms with Crippen LogP contribution in [-0.2, 0) is 24.3 Å². The molecule has 1 fully saturated rings. The van der Waals surface area contributed by atoms with Crippen LogP contribution >= 0.6 is 0 Å². The van der Waals surface area contributed by atoms with Crippen LogP contribution in [0.4, 0.5) is 0 Å². The van der Waals surface area contributed by atoms with E-state index in [0.29, 0.717) is 56.1 Å². The summed E-state index contributed by atoms with van der Waals surface area (Å²) >= 11 is 0. The smallest absolute Gasteiger partial charge is 0.321 e. The van der Waals surface area contributed by atoms with Crippen LogP contribution < -0.4 is 14.2 Å². The van der Waals surface area contributed by atoms with Gasteiger partial charge < -0.3 is 19.1 Å². The van der Waals surface area contributed by atoms with Crippen molar-refractivity contribution in [2.75, 3.05) is 39.5 Å². The SMILES string of the molecule is CC1CC(C)CN(C(=O)COC(=O)CNS(=O)(=O)c2ccc3c(c2)OCCCO3)C1. The average molecular weight is 441 g/mol. The predicted octanol–water partition coefficient (Wildman–Crippen LogP) is 1.17. The monoisotopic (exact) mass is 440 g/mol. The van der Waals surface area contributed by atoms with E-state index in [1.807, 2.05) is 0 Å². The zero-order valence-electron chi connectivity index (χ0n) is 17.3. The molecule has 2 atom stereocenters. The van der Waals surface area contributed by atoms with Crippen molar-refractivity contribution in [1.82, 2.24) is 9.62 Å². The van der Waals surface area contributed by atoms with Crippen LogP contribution in [0.15, 0.2) is 23.1 Å². The number of ether oxygens (including phenoxy) is 3. The molecule has 9 nitrogen and oxygen atoms in total. The summed E-state index contributed by atoms with van der Waals surface area (Å²) in [6.45, 7) is 5.39. The van der Waals surface area contributed by atoms with Crippen LogP contribution in [0.3, 0.4) is 0 Å². The molecular formula is C20H28N2O7S. The van der Waals surface area contributed by atoms with E-state index in [1.54, 1.807) is 4.90 Å². The summed E-state index contributed by atoms with van der Waals surface area (Å²) in [7, 11) is -3.96. The molecule has 3 rings (SSSR count). The van der Waals surface area contributed by atoms with Gasteiger partial charge in [-0.1, -0.05) is 13.8 Å². The number of sulfonamides is 1. The molecule has 1 N–H and O–H groups in total. The van der Waals surface area contributed by atoms with Crippen molar-refractivity contribution >= 4 is 21.9 Å². The average Bonchev–Trinajstić information content (AvgIpc) is 2.94. The Morgan fingerprint density at radius 3 is 2.50 bits per heavy atom. The second kappa shape index (κ2) is 9.65. The van der Waals surface area contributed by atoms with Crippen molar-refractivity contribution in [3.8, 4) is 11.5 Å². The number of rotatable bonds is 6. The quantitative estimate of drug-likeness (QED) is 0.661. The van der Waals surface area contributed by atoms with Crippen LogP contribution in [-0.4, -0.2) is 64.6 Å². The highest BCUT2D eigenvalue weighted by atomic mass is 32.2. The van der Waals surface area contributed by atoms with Crippen molar-refractivity contribution in [2.24, 2.45) is 11.8 Å². The number of amides is 1. The Balaban J connectivity index is 1.50. The summed E-state index contributed by atoms with van der Waals surface area (Å²) in [5.74, 6) is 0.525. The lowest BCUT2D eigenvalue weighted by Crippen LogP contribution is -2.44. The van der Waals surface area contributed by atoms with Crippen molar-refractivity contribution in [3.63, 3.8) is 0 Å². The largest absolute Gasteiger partial charge is 0.490 e. The van der Waals surface area contributed by atoms with Crippen molar-refractivity contribution in [3.05, 3.63) is 18.2 Å². The Kier molecular flexibility index (Phi) is 7.19. The number of likely N-dealkylation sites (tertiary alicyclic amines) is 1. The first-order valence-electron chi connectivity index (χ1n) is 10.1. The molecule has 2 heterocycles. The molecule has 0 spiro atoms. The first-order valence-corrected chi connectivity index (χ1v) is 11.6. The third kappa shape index (κ3) is 5.85. The van der Waals surface area contributed by atoms with Crippen LogP contribution in [0, 0.1) is 11.8 Å². The number of nitrogens with zero attached hydrogens (tertiary/aromatic N) is 1. The fourth-order valence-electron chi connectivity index (χ4n) is 3.70. The van der Waals surface area contributed by atoms with Gasteiger partial charge in [0.2, 0.25) is 10.0 Å². The van der Waals surface area contributed by atoms with Gasteiger partial charge in [0.05, 0.1) is 18.1 Å². The van der Waals surface area contributed by atoms with Gasteiger partial charge in [0, 0.05) is 25.6 Å². The number of nitrogens with one attached hydrogen (secondary N) is 1. The molecule has 2 aliphatic rings. The molecule has 0 aromatic heterocycles. The Hall–Kier alpha value is -2.33. The Bertz CT molecular complexity index is 877. The number of carbonyl (C=O) groups is 2. The van der Waals surface area contributed by atoms with Gasteiger partial charge in [-0.15, -0.1) is 0 Å². The lowest BCUT2D eigenvalue weighted by Gasteiger charge is -2.34. The maximum Gasteiger partial charge on any atom is 0.321 e. The zero-order valence-corrected chi connectivity index (χ0v) is 18.1. The number of esters is 1. The highest BCUT2D eigenvalue weighted by Gasteiger charge is 2.26. The first kappa shape index (κ1) is 22.4. The summed E-state index contributed by atoms with van der Waals surface area (Å²) in [4.78, 5) is 25.9. The Morgan fingerprint density at radius 1 is 1.13 bits per heavy atom. The molecule has 0 aliphatic carbocycles. The molecule has 0 bridgehead atoms. The molecule has 0 saturated carbocycles. The lowest BCUT2D eigenvalue weighted by molar-refractivity contribution is -0.152. The summed E-state index contributed by atoms with van der Waals surface area (Å²) in [5, 5.41) is 0. The van der Waals surface area contributed by atoms with Gasteiger partial charge in [0.15, 0.2) is 18.1 Å². The molecule has 1 amide bonds. The summed E-state index contributed by atoms with van der Waals surface area (Å²) in [6.07, 6.45) is 1.76. The summed E-state index contributed by atoms with van der Waals surface area (Å²) in [5.41, 5.74) is 0. The number of piperidine rings is 1. The fraction of sp³-hybridized carbons (Fsp3) is 0.600. The molecule has 2 unspecified atom stereocenters. The number of carbonyl (C=O) groups excluding carboxylic acids is 2. The van der Waals surface area contributed by atoms with E-state index in [4.69, 9.17) is 14.2 Å².